The van der Waals surface area contributed by atoms with Crippen molar-refractivity contribution in [1.29, 1.82) is 0 Å². The van der Waals surface area contributed by atoms with Gasteiger partial charge in [0.1, 0.15) is 6.04 Å². The van der Waals surface area contributed by atoms with Crippen molar-refractivity contribution in [2.45, 2.75) is 18.9 Å². The van der Waals surface area contributed by atoms with E-state index in [9.17, 15) is 27.6 Å². The maximum Gasteiger partial charge on any atom is 0.264 e. The van der Waals surface area contributed by atoms with Crippen molar-refractivity contribution >= 4 is 39.2 Å². The molecule has 11 heteroatoms. The molecular formula is C17H20N4O6S. The number of hydrogen-bond donors (Lipinski definition) is 3. The fraction of sp³-hybridized carbons (Fsp3) is 0.412. The summed E-state index contributed by atoms with van der Waals surface area (Å²) in [5.41, 5.74) is 5.80. The second kappa shape index (κ2) is 7.68. The number of sulfone groups is 1. The molecule has 0 radical (unpaired) electrons. The van der Waals surface area contributed by atoms with E-state index in [2.05, 4.69) is 10.6 Å². The van der Waals surface area contributed by atoms with Crippen LogP contribution in [0.4, 0.5) is 5.69 Å². The first-order valence-corrected chi connectivity index (χ1v) is 10.6. The molecule has 10 nitrogen and oxygen atoms in total. The number of piperidine rings is 1. The lowest BCUT2D eigenvalue weighted by Crippen LogP contribution is -2.54. The van der Waals surface area contributed by atoms with Crippen molar-refractivity contribution in [3.63, 3.8) is 0 Å². The van der Waals surface area contributed by atoms with E-state index in [0.29, 0.717) is 5.69 Å². The average Bonchev–Trinajstić information content (AvgIpc) is 2.87. The molecule has 28 heavy (non-hydrogen) atoms. The van der Waals surface area contributed by atoms with Crippen LogP contribution in [0.5, 0.6) is 0 Å². The molecule has 4 N–H and O–H groups in total. The Morgan fingerprint density at radius 2 is 1.89 bits per heavy atom. The van der Waals surface area contributed by atoms with Gasteiger partial charge < -0.3 is 11.1 Å². The lowest BCUT2D eigenvalue weighted by molar-refractivity contribution is -0.136. The van der Waals surface area contributed by atoms with Crippen LogP contribution in [-0.2, 0) is 19.4 Å². The van der Waals surface area contributed by atoms with Gasteiger partial charge in [0.15, 0.2) is 9.84 Å². The number of nitrogens with one attached hydrogen (secondary N) is 2. The van der Waals surface area contributed by atoms with Crippen LogP contribution in [0.1, 0.15) is 33.6 Å². The molecule has 0 saturated carbocycles. The van der Waals surface area contributed by atoms with Crippen LogP contribution in [0.2, 0.25) is 0 Å². The van der Waals surface area contributed by atoms with Crippen molar-refractivity contribution in [3.05, 3.63) is 29.3 Å². The number of fused-ring (bicyclic) bond motifs is 1. The quantitative estimate of drug-likeness (QED) is 0.479. The fourth-order valence-corrected chi connectivity index (χ4v) is 4.26. The van der Waals surface area contributed by atoms with Gasteiger partial charge >= 0.3 is 0 Å². The van der Waals surface area contributed by atoms with Gasteiger partial charge in [-0.05, 0) is 18.6 Å². The lowest BCUT2D eigenvalue weighted by Gasteiger charge is -2.27. The Kier molecular flexibility index (Phi) is 5.47. The van der Waals surface area contributed by atoms with Crippen LogP contribution >= 0.6 is 0 Å². The Bertz CT molecular complexity index is 958. The molecule has 4 amide bonds. The van der Waals surface area contributed by atoms with Gasteiger partial charge in [0, 0.05) is 25.2 Å². The third kappa shape index (κ3) is 3.76. The molecule has 2 heterocycles. The third-order valence-electron chi connectivity index (χ3n) is 4.63. The average molecular weight is 408 g/mol. The van der Waals surface area contributed by atoms with Gasteiger partial charge in [0.05, 0.1) is 22.6 Å². The van der Waals surface area contributed by atoms with Crippen LogP contribution < -0.4 is 16.4 Å². The minimum absolute atomic E-state index is 0.0248. The summed E-state index contributed by atoms with van der Waals surface area (Å²) in [6.45, 7) is 0.0651. The minimum Gasteiger partial charge on any atom is -0.383 e. The van der Waals surface area contributed by atoms with Crippen LogP contribution in [0.25, 0.3) is 0 Å². The Hall–Kier alpha value is -2.79. The van der Waals surface area contributed by atoms with Crippen LogP contribution in [-0.4, -0.2) is 67.6 Å². The van der Waals surface area contributed by atoms with E-state index < -0.39 is 39.5 Å². The number of carbonyl (C=O) groups excluding carboxylic acids is 4. The summed E-state index contributed by atoms with van der Waals surface area (Å²) in [5, 5.41) is 5.01. The van der Waals surface area contributed by atoms with Gasteiger partial charge in [-0.15, -0.1) is 0 Å². The van der Waals surface area contributed by atoms with Crippen molar-refractivity contribution in [2.24, 2.45) is 5.73 Å². The van der Waals surface area contributed by atoms with Gasteiger partial charge in [-0.25, -0.2) is 8.42 Å². The highest BCUT2D eigenvalue weighted by molar-refractivity contribution is 7.91. The number of amides is 4. The second-order valence-corrected chi connectivity index (χ2v) is 8.85. The van der Waals surface area contributed by atoms with Crippen LogP contribution in [0.15, 0.2) is 18.2 Å². The van der Waals surface area contributed by atoms with Crippen molar-refractivity contribution in [3.8, 4) is 0 Å². The number of anilines is 1. The molecule has 1 aromatic carbocycles. The molecule has 0 bridgehead atoms. The molecule has 1 aromatic rings. The fourth-order valence-electron chi connectivity index (χ4n) is 3.29. The highest BCUT2D eigenvalue weighted by atomic mass is 32.2. The van der Waals surface area contributed by atoms with Gasteiger partial charge in [-0.1, -0.05) is 6.07 Å². The molecular weight excluding hydrogens is 388 g/mol. The zero-order chi connectivity index (χ0) is 20.5. The Morgan fingerprint density at radius 3 is 2.57 bits per heavy atom. The summed E-state index contributed by atoms with van der Waals surface area (Å²) in [6, 6.07) is 3.54. The standard InChI is InChI=1S/C17H20N4O6S/c18-6-8-28(26,27)9-7-19-11-3-1-2-10-14(11)17(25)21(16(10)24)12-4-5-13(22)20-15(12)23/h1-3,12,19H,4-9,18H2,(H,20,22,23). The van der Waals surface area contributed by atoms with E-state index in [4.69, 9.17) is 5.73 Å². The lowest BCUT2D eigenvalue weighted by atomic mass is 10.0. The highest BCUT2D eigenvalue weighted by Gasteiger charge is 2.45. The first kappa shape index (κ1) is 20.0. The molecule has 1 atom stereocenters. The maximum atomic E-state index is 12.9. The molecule has 3 rings (SSSR count). The summed E-state index contributed by atoms with van der Waals surface area (Å²) < 4.78 is 23.5. The summed E-state index contributed by atoms with van der Waals surface area (Å²) in [4.78, 5) is 49.9. The number of nitrogens with zero attached hydrogens (tertiary/aromatic N) is 1. The van der Waals surface area contributed by atoms with E-state index in [-0.39, 0.29) is 48.6 Å². The second-order valence-electron chi connectivity index (χ2n) is 6.54. The number of hydrogen-bond acceptors (Lipinski definition) is 8. The largest absolute Gasteiger partial charge is 0.383 e. The van der Waals surface area contributed by atoms with Gasteiger partial charge in [0.2, 0.25) is 11.8 Å². The van der Waals surface area contributed by atoms with Gasteiger partial charge in [-0.2, -0.15) is 0 Å². The van der Waals surface area contributed by atoms with E-state index in [1.54, 1.807) is 12.1 Å². The third-order valence-corrected chi connectivity index (χ3v) is 6.31. The summed E-state index contributed by atoms with van der Waals surface area (Å²) >= 11 is 0. The Balaban J connectivity index is 1.80. The minimum atomic E-state index is -3.32. The van der Waals surface area contributed by atoms with Crippen molar-refractivity contribution in [2.75, 3.05) is 29.9 Å². The predicted octanol–water partition coefficient (Wildman–Crippen LogP) is -1.13. The van der Waals surface area contributed by atoms with E-state index >= 15 is 0 Å². The molecule has 1 unspecified atom stereocenters. The smallest absolute Gasteiger partial charge is 0.264 e. The summed E-state index contributed by atoms with van der Waals surface area (Å²) in [6.07, 6.45) is 0.101. The zero-order valence-corrected chi connectivity index (χ0v) is 15.8. The summed E-state index contributed by atoms with van der Waals surface area (Å²) in [5.74, 6) is -2.71. The number of imide groups is 2. The molecule has 2 aliphatic rings. The number of benzene rings is 1. The monoisotopic (exact) mass is 408 g/mol. The molecule has 0 spiro atoms. The maximum absolute atomic E-state index is 12.9. The molecule has 2 aliphatic heterocycles. The predicted molar refractivity (Wildman–Crippen MR) is 99.3 cm³/mol. The first-order chi connectivity index (χ1) is 13.2. The van der Waals surface area contributed by atoms with Crippen LogP contribution in [0.3, 0.4) is 0 Å². The topological polar surface area (TPSA) is 156 Å². The SMILES string of the molecule is NCCS(=O)(=O)CCNc1cccc2c1C(=O)N(C1CCC(=O)NC1=O)C2=O. The van der Waals surface area contributed by atoms with Crippen LogP contribution in [0, 0.1) is 0 Å². The Labute approximate surface area is 161 Å². The number of carbonyl (C=O) groups is 4. The van der Waals surface area contributed by atoms with E-state index in [1.165, 1.54) is 6.07 Å². The van der Waals surface area contributed by atoms with E-state index in [1.807, 2.05) is 0 Å². The molecule has 0 aliphatic carbocycles. The van der Waals surface area contributed by atoms with Gasteiger partial charge in [0.25, 0.3) is 11.8 Å². The Morgan fingerprint density at radius 1 is 1.14 bits per heavy atom. The number of rotatable bonds is 7. The molecule has 1 fully saturated rings. The molecule has 1 saturated heterocycles. The van der Waals surface area contributed by atoms with Gasteiger partial charge in [-0.3, -0.25) is 29.4 Å². The zero-order valence-electron chi connectivity index (χ0n) is 14.9. The first-order valence-electron chi connectivity index (χ1n) is 8.74. The number of nitrogens with two attached hydrogens (primary N) is 1. The van der Waals surface area contributed by atoms with E-state index in [0.717, 1.165) is 4.90 Å². The summed E-state index contributed by atoms with van der Waals surface area (Å²) in [7, 11) is -3.32. The molecule has 150 valence electrons. The normalized spacial score (nSPS) is 19.6. The van der Waals surface area contributed by atoms with Crippen molar-refractivity contribution in [1.82, 2.24) is 10.2 Å². The van der Waals surface area contributed by atoms with Crippen molar-refractivity contribution < 1.29 is 27.6 Å². The molecule has 0 aromatic heterocycles. The highest BCUT2D eigenvalue weighted by Crippen LogP contribution is 2.32.